The third-order valence-electron chi connectivity index (χ3n) is 4.80. The minimum absolute atomic E-state index is 0.116. The maximum Gasteiger partial charge on any atom is 0.417 e. The minimum Gasteiger partial charge on any atom is -0.352 e. The van der Waals surface area contributed by atoms with E-state index in [1.807, 2.05) is 0 Å². The van der Waals surface area contributed by atoms with Crippen LogP contribution in [0.5, 0.6) is 0 Å². The van der Waals surface area contributed by atoms with Crippen molar-refractivity contribution >= 4 is 23.4 Å². The first-order chi connectivity index (χ1) is 14.1. The van der Waals surface area contributed by atoms with Crippen LogP contribution in [0.1, 0.15) is 24.1 Å². The monoisotopic (exact) mass is 448 g/mol. The summed E-state index contributed by atoms with van der Waals surface area (Å²) in [6, 6.07) is 3.30. The summed E-state index contributed by atoms with van der Waals surface area (Å²) in [7, 11) is 0. The molecule has 3 rings (SSSR count). The van der Waals surface area contributed by atoms with Gasteiger partial charge in [-0.25, -0.2) is 18.6 Å². The second-order valence-corrected chi connectivity index (χ2v) is 7.25. The van der Waals surface area contributed by atoms with Crippen molar-refractivity contribution < 1.29 is 26.7 Å². The number of piperazine rings is 1. The first-order valence-electron chi connectivity index (χ1n) is 9.04. The van der Waals surface area contributed by atoms with Crippen molar-refractivity contribution in [1.29, 1.82) is 0 Å². The van der Waals surface area contributed by atoms with Crippen LogP contribution in [0.4, 0.5) is 32.6 Å². The summed E-state index contributed by atoms with van der Waals surface area (Å²) in [5.74, 6) is -1.74. The van der Waals surface area contributed by atoms with E-state index in [0.717, 1.165) is 24.4 Å². The molecule has 1 saturated heterocycles. The van der Waals surface area contributed by atoms with E-state index in [-0.39, 0.29) is 23.9 Å². The Hall–Kier alpha value is -2.62. The second kappa shape index (κ2) is 8.63. The predicted molar refractivity (Wildman–Crippen MR) is 101 cm³/mol. The predicted octanol–water partition coefficient (Wildman–Crippen LogP) is 4.62. The molecule has 1 aliphatic rings. The first-order valence-corrected chi connectivity index (χ1v) is 9.42. The van der Waals surface area contributed by atoms with E-state index >= 15 is 0 Å². The second-order valence-electron chi connectivity index (χ2n) is 6.85. The number of anilines is 1. The van der Waals surface area contributed by atoms with Gasteiger partial charge in [-0.15, -0.1) is 0 Å². The average molecular weight is 449 g/mol. The molecule has 1 N–H and O–H groups in total. The van der Waals surface area contributed by atoms with Gasteiger partial charge < -0.3 is 15.1 Å². The van der Waals surface area contributed by atoms with Gasteiger partial charge >= 0.3 is 12.2 Å². The van der Waals surface area contributed by atoms with Gasteiger partial charge in [-0.1, -0.05) is 17.7 Å². The number of carbonyl (C=O) groups is 1. The first kappa shape index (κ1) is 22.1. The molecular weight excluding hydrogens is 431 g/mol. The number of aromatic nitrogens is 1. The number of hydrogen-bond donors (Lipinski definition) is 1. The number of pyridine rings is 1. The lowest BCUT2D eigenvalue weighted by Crippen LogP contribution is -2.52. The van der Waals surface area contributed by atoms with Crippen molar-refractivity contribution in [3.63, 3.8) is 0 Å². The van der Waals surface area contributed by atoms with E-state index < -0.39 is 35.4 Å². The highest BCUT2D eigenvalue weighted by Gasteiger charge is 2.32. The molecule has 0 radical (unpaired) electrons. The fourth-order valence-corrected chi connectivity index (χ4v) is 3.37. The summed E-state index contributed by atoms with van der Waals surface area (Å²) >= 11 is 5.97. The lowest BCUT2D eigenvalue weighted by molar-refractivity contribution is -0.137. The molecule has 5 nitrogen and oxygen atoms in total. The van der Waals surface area contributed by atoms with E-state index in [1.54, 1.807) is 11.8 Å². The topological polar surface area (TPSA) is 48.5 Å². The molecule has 2 amide bonds. The Balaban J connectivity index is 1.58. The molecule has 1 unspecified atom stereocenters. The van der Waals surface area contributed by atoms with Crippen molar-refractivity contribution in [3.05, 3.63) is 58.2 Å². The van der Waals surface area contributed by atoms with E-state index in [4.69, 9.17) is 11.6 Å². The number of rotatable bonds is 3. The molecular formula is C19H18ClF5N4O. The van der Waals surface area contributed by atoms with Crippen molar-refractivity contribution in [2.24, 2.45) is 0 Å². The zero-order valence-electron chi connectivity index (χ0n) is 15.8. The van der Waals surface area contributed by atoms with Gasteiger partial charge in [0.05, 0.1) is 16.6 Å². The summed E-state index contributed by atoms with van der Waals surface area (Å²) < 4.78 is 64.7. The minimum atomic E-state index is -4.53. The molecule has 2 aromatic rings. The molecule has 0 saturated carbocycles. The van der Waals surface area contributed by atoms with Crippen LogP contribution in [0.2, 0.25) is 5.02 Å². The van der Waals surface area contributed by atoms with E-state index in [2.05, 4.69) is 10.3 Å². The summed E-state index contributed by atoms with van der Waals surface area (Å²) in [6.45, 7) is 2.87. The fourth-order valence-electron chi connectivity index (χ4n) is 3.08. The molecule has 2 heterocycles. The number of hydrogen-bond acceptors (Lipinski definition) is 3. The van der Waals surface area contributed by atoms with Crippen LogP contribution in [0.25, 0.3) is 0 Å². The normalized spacial score (nSPS) is 15.8. The van der Waals surface area contributed by atoms with Crippen molar-refractivity contribution in [1.82, 2.24) is 15.2 Å². The highest BCUT2D eigenvalue weighted by molar-refractivity contribution is 6.33. The SMILES string of the molecule is CC(NC(=O)N1CCN(c2ncc(C(F)(F)F)cc2Cl)CC1)c1ccc(F)c(F)c1. The molecule has 1 fully saturated rings. The Morgan fingerprint density at radius 1 is 1.13 bits per heavy atom. The van der Waals surface area contributed by atoms with E-state index in [9.17, 15) is 26.7 Å². The van der Waals surface area contributed by atoms with Crippen molar-refractivity contribution in [2.75, 3.05) is 31.1 Å². The van der Waals surface area contributed by atoms with Gasteiger partial charge in [-0.05, 0) is 30.7 Å². The van der Waals surface area contributed by atoms with Crippen LogP contribution in [-0.4, -0.2) is 42.1 Å². The Morgan fingerprint density at radius 3 is 2.37 bits per heavy atom. The molecule has 1 aromatic heterocycles. The summed E-state index contributed by atoms with van der Waals surface area (Å²) in [5.41, 5.74) is -0.512. The van der Waals surface area contributed by atoms with Crippen LogP contribution in [0.3, 0.4) is 0 Å². The smallest absolute Gasteiger partial charge is 0.352 e. The van der Waals surface area contributed by atoms with Gasteiger partial charge in [0.2, 0.25) is 0 Å². The third-order valence-corrected chi connectivity index (χ3v) is 5.08. The molecule has 1 aromatic carbocycles. The van der Waals surface area contributed by atoms with Gasteiger partial charge in [0, 0.05) is 32.4 Å². The van der Waals surface area contributed by atoms with E-state index in [0.29, 0.717) is 18.7 Å². The van der Waals surface area contributed by atoms with Crippen LogP contribution < -0.4 is 10.2 Å². The Bertz CT molecular complexity index is 932. The number of nitrogens with one attached hydrogen (secondary N) is 1. The Kier molecular flexibility index (Phi) is 6.35. The summed E-state index contributed by atoms with van der Waals surface area (Å²) in [4.78, 5) is 19.5. The van der Waals surface area contributed by atoms with Gasteiger partial charge in [0.25, 0.3) is 0 Å². The van der Waals surface area contributed by atoms with Gasteiger partial charge in [-0.2, -0.15) is 13.2 Å². The van der Waals surface area contributed by atoms with Crippen molar-refractivity contribution in [2.45, 2.75) is 19.1 Å². The molecule has 0 bridgehead atoms. The highest BCUT2D eigenvalue weighted by atomic mass is 35.5. The number of benzene rings is 1. The van der Waals surface area contributed by atoms with Crippen LogP contribution in [0.15, 0.2) is 30.5 Å². The quantitative estimate of drug-likeness (QED) is 0.697. The lowest BCUT2D eigenvalue weighted by atomic mass is 10.1. The molecule has 162 valence electrons. The number of urea groups is 1. The number of carbonyl (C=O) groups excluding carboxylic acids is 1. The summed E-state index contributed by atoms with van der Waals surface area (Å²) in [5, 5.41) is 2.60. The zero-order chi connectivity index (χ0) is 22.1. The van der Waals surface area contributed by atoms with Crippen molar-refractivity contribution in [3.8, 4) is 0 Å². The lowest BCUT2D eigenvalue weighted by Gasteiger charge is -2.36. The average Bonchev–Trinajstić information content (AvgIpc) is 2.69. The zero-order valence-corrected chi connectivity index (χ0v) is 16.6. The molecule has 0 aliphatic carbocycles. The summed E-state index contributed by atoms with van der Waals surface area (Å²) in [6.07, 6.45) is -3.81. The molecule has 0 spiro atoms. The van der Waals surface area contributed by atoms with E-state index in [1.165, 1.54) is 11.0 Å². The van der Waals surface area contributed by atoms with Gasteiger partial charge in [0.1, 0.15) is 5.82 Å². The molecule has 11 heteroatoms. The highest BCUT2D eigenvalue weighted by Crippen LogP contribution is 2.33. The van der Waals surface area contributed by atoms with Crippen LogP contribution >= 0.6 is 11.6 Å². The third kappa shape index (κ3) is 4.92. The number of halogens is 6. The maximum atomic E-state index is 13.4. The van der Waals surface area contributed by atoms with Crippen LogP contribution in [-0.2, 0) is 6.18 Å². The van der Waals surface area contributed by atoms with Gasteiger partial charge in [0.15, 0.2) is 11.6 Å². The Labute approximate surface area is 174 Å². The molecule has 1 aliphatic heterocycles. The Morgan fingerprint density at radius 2 is 1.80 bits per heavy atom. The van der Waals surface area contributed by atoms with Crippen LogP contribution in [0, 0.1) is 11.6 Å². The number of alkyl halides is 3. The number of amides is 2. The standard InChI is InChI=1S/C19H18ClF5N4O/c1-11(12-2-3-15(21)16(22)8-12)27-18(30)29-6-4-28(5-7-29)17-14(20)9-13(10-26-17)19(23,24)25/h2-3,8-11H,4-7H2,1H3,(H,27,30). The molecule has 30 heavy (non-hydrogen) atoms. The molecule has 1 atom stereocenters. The largest absolute Gasteiger partial charge is 0.417 e. The maximum absolute atomic E-state index is 13.4. The number of nitrogens with zero attached hydrogens (tertiary/aromatic N) is 3. The van der Waals surface area contributed by atoms with Gasteiger partial charge in [-0.3, -0.25) is 0 Å². The fraction of sp³-hybridized carbons (Fsp3) is 0.368.